The van der Waals surface area contributed by atoms with Crippen LogP contribution in [0.15, 0.2) is 24.3 Å². The van der Waals surface area contributed by atoms with E-state index in [0.717, 1.165) is 17.7 Å². The maximum absolute atomic E-state index is 11.5. The molecule has 0 bridgehead atoms. The van der Waals surface area contributed by atoms with Crippen molar-refractivity contribution in [3.8, 4) is 0 Å². The second kappa shape index (κ2) is 6.12. The third-order valence-electron chi connectivity index (χ3n) is 3.94. The van der Waals surface area contributed by atoms with Crippen LogP contribution < -0.4 is 4.90 Å². The molecular formula is C17H23NO2. The van der Waals surface area contributed by atoms with Gasteiger partial charge in [-0.2, -0.15) is 0 Å². The summed E-state index contributed by atoms with van der Waals surface area (Å²) in [7, 11) is 2.13. The molecule has 3 nitrogen and oxygen atoms in total. The minimum absolute atomic E-state index is 0.270. The van der Waals surface area contributed by atoms with E-state index in [1.165, 1.54) is 17.7 Å². The van der Waals surface area contributed by atoms with Crippen molar-refractivity contribution in [1.82, 2.24) is 0 Å². The standard InChI is InChI=1S/C17H23NO2/c1-5-20-17(19)10-13(3)14-6-7-16-15(11-14)12(2)8-9-18(16)4/h6-7,10-12H,5,8-9H2,1-4H3. The summed E-state index contributed by atoms with van der Waals surface area (Å²) in [5.74, 6) is 0.296. The van der Waals surface area contributed by atoms with Crippen molar-refractivity contribution >= 4 is 17.2 Å². The second-order valence-electron chi connectivity index (χ2n) is 5.46. The quantitative estimate of drug-likeness (QED) is 0.622. The van der Waals surface area contributed by atoms with E-state index in [2.05, 4.69) is 37.1 Å². The molecule has 3 heteroatoms. The van der Waals surface area contributed by atoms with Gasteiger partial charge in [-0.15, -0.1) is 0 Å². The van der Waals surface area contributed by atoms with Crippen LogP contribution in [-0.2, 0) is 9.53 Å². The van der Waals surface area contributed by atoms with Gasteiger partial charge in [0.25, 0.3) is 0 Å². The van der Waals surface area contributed by atoms with Gasteiger partial charge in [-0.05, 0) is 55.0 Å². The minimum Gasteiger partial charge on any atom is -0.463 e. The number of fused-ring (bicyclic) bond motifs is 1. The fourth-order valence-corrected chi connectivity index (χ4v) is 2.65. The summed E-state index contributed by atoms with van der Waals surface area (Å²) in [6, 6.07) is 6.45. The molecule has 0 saturated heterocycles. The van der Waals surface area contributed by atoms with Crippen LogP contribution in [-0.4, -0.2) is 26.2 Å². The number of hydrogen-bond acceptors (Lipinski definition) is 3. The molecule has 0 aromatic heterocycles. The molecule has 0 saturated carbocycles. The first-order valence-electron chi connectivity index (χ1n) is 7.23. The average molecular weight is 273 g/mol. The largest absolute Gasteiger partial charge is 0.463 e. The Kier molecular flexibility index (Phi) is 4.48. The maximum Gasteiger partial charge on any atom is 0.331 e. The number of allylic oxidation sites excluding steroid dienone is 1. The van der Waals surface area contributed by atoms with E-state index in [0.29, 0.717) is 12.5 Å². The summed E-state index contributed by atoms with van der Waals surface area (Å²) in [6.45, 7) is 7.55. The van der Waals surface area contributed by atoms with Crippen LogP contribution in [0.4, 0.5) is 5.69 Å². The fourth-order valence-electron chi connectivity index (χ4n) is 2.65. The van der Waals surface area contributed by atoms with Crippen molar-refractivity contribution in [3.05, 3.63) is 35.4 Å². The number of ether oxygens (including phenoxy) is 1. The van der Waals surface area contributed by atoms with Crippen molar-refractivity contribution in [2.45, 2.75) is 33.1 Å². The summed E-state index contributed by atoms with van der Waals surface area (Å²) < 4.78 is 4.96. The maximum atomic E-state index is 11.5. The van der Waals surface area contributed by atoms with Crippen molar-refractivity contribution in [3.63, 3.8) is 0 Å². The van der Waals surface area contributed by atoms with Gasteiger partial charge in [0.05, 0.1) is 6.61 Å². The molecule has 0 spiro atoms. The van der Waals surface area contributed by atoms with Gasteiger partial charge in [0.15, 0.2) is 0 Å². The first-order chi connectivity index (χ1) is 9.52. The van der Waals surface area contributed by atoms with Crippen molar-refractivity contribution in [2.24, 2.45) is 0 Å². The molecule has 0 fully saturated rings. The van der Waals surface area contributed by atoms with Gasteiger partial charge in [-0.1, -0.05) is 13.0 Å². The highest BCUT2D eigenvalue weighted by Crippen LogP contribution is 2.35. The highest BCUT2D eigenvalue weighted by atomic mass is 16.5. The van der Waals surface area contributed by atoms with Gasteiger partial charge in [-0.3, -0.25) is 0 Å². The minimum atomic E-state index is -0.270. The van der Waals surface area contributed by atoms with Crippen molar-refractivity contribution < 1.29 is 9.53 Å². The van der Waals surface area contributed by atoms with Gasteiger partial charge in [0, 0.05) is 25.4 Å². The zero-order chi connectivity index (χ0) is 14.7. The number of carbonyl (C=O) groups is 1. The molecule has 0 radical (unpaired) electrons. The van der Waals surface area contributed by atoms with Gasteiger partial charge < -0.3 is 9.64 Å². The number of rotatable bonds is 3. The van der Waals surface area contributed by atoms with Crippen molar-refractivity contribution in [1.29, 1.82) is 0 Å². The topological polar surface area (TPSA) is 29.5 Å². The molecule has 0 N–H and O–H groups in total. The van der Waals surface area contributed by atoms with Crippen molar-refractivity contribution in [2.75, 3.05) is 25.1 Å². The molecule has 1 heterocycles. The summed E-state index contributed by atoms with van der Waals surface area (Å²) >= 11 is 0. The molecule has 1 aromatic carbocycles. The number of anilines is 1. The lowest BCUT2D eigenvalue weighted by Crippen LogP contribution is -2.26. The molecule has 0 aliphatic carbocycles. The molecular weight excluding hydrogens is 250 g/mol. The molecule has 1 aliphatic heterocycles. The van der Waals surface area contributed by atoms with Crippen LogP contribution in [0.1, 0.15) is 44.2 Å². The fraction of sp³-hybridized carbons (Fsp3) is 0.471. The smallest absolute Gasteiger partial charge is 0.331 e. The number of benzene rings is 1. The summed E-state index contributed by atoms with van der Waals surface area (Å²) in [5.41, 5.74) is 4.72. The van der Waals surface area contributed by atoms with Gasteiger partial charge in [-0.25, -0.2) is 4.79 Å². The molecule has 1 aliphatic rings. The number of carbonyl (C=O) groups excluding carboxylic acids is 1. The molecule has 108 valence electrons. The van der Waals surface area contributed by atoms with E-state index in [9.17, 15) is 4.79 Å². The molecule has 1 unspecified atom stereocenters. The Morgan fingerprint density at radius 2 is 2.25 bits per heavy atom. The molecule has 2 rings (SSSR count). The van der Waals surface area contributed by atoms with E-state index in [1.807, 2.05) is 13.8 Å². The van der Waals surface area contributed by atoms with Gasteiger partial charge in [0.1, 0.15) is 0 Å². The van der Waals surface area contributed by atoms with Gasteiger partial charge in [0.2, 0.25) is 0 Å². The lowest BCUT2D eigenvalue weighted by Gasteiger charge is -2.32. The van der Waals surface area contributed by atoms with E-state index < -0.39 is 0 Å². The zero-order valence-electron chi connectivity index (χ0n) is 12.8. The molecule has 1 atom stereocenters. The second-order valence-corrected chi connectivity index (χ2v) is 5.46. The third kappa shape index (κ3) is 3.03. The van der Waals surface area contributed by atoms with Crippen LogP contribution in [0.5, 0.6) is 0 Å². The number of esters is 1. The SMILES string of the molecule is CCOC(=O)C=C(C)c1ccc2c(c1)C(C)CCN2C. The van der Waals surface area contributed by atoms with Crippen LogP contribution in [0.2, 0.25) is 0 Å². The number of hydrogen-bond donors (Lipinski definition) is 0. The Balaban J connectivity index is 2.31. The first-order valence-corrected chi connectivity index (χ1v) is 7.23. The molecule has 1 aromatic rings. The summed E-state index contributed by atoms with van der Waals surface area (Å²) in [4.78, 5) is 13.8. The van der Waals surface area contributed by atoms with E-state index in [4.69, 9.17) is 4.74 Å². The third-order valence-corrected chi connectivity index (χ3v) is 3.94. The van der Waals surface area contributed by atoms with Crippen LogP contribution in [0.3, 0.4) is 0 Å². The highest BCUT2D eigenvalue weighted by molar-refractivity contribution is 5.91. The monoisotopic (exact) mass is 273 g/mol. The molecule has 0 amide bonds. The Morgan fingerprint density at radius 1 is 1.50 bits per heavy atom. The predicted octanol–water partition coefficient (Wildman–Crippen LogP) is 3.60. The Morgan fingerprint density at radius 3 is 2.95 bits per heavy atom. The van der Waals surface area contributed by atoms with Crippen LogP contribution in [0.25, 0.3) is 5.57 Å². The predicted molar refractivity (Wildman–Crippen MR) is 83.0 cm³/mol. The van der Waals surface area contributed by atoms with Gasteiger partial charge >= 0.3 is 5.97 Å². The normalized spacial score (nSPS) is 18.7. The van der Waals surface area contributed by atoms with E-state index >= 15 is 0 Å². The molecule has 20 heavy (non-hydrogen) atoms. The Hall–Kier alpha value is -1.77. The Labute approximate surface area is 121 Å². The lowest BCUT2D eigenvalue weighted by molar-refractivity contribution is -0.137. The van der Waals surface area contributed by atoms with Crippen LogP contribution >= 0.6 is 0 Å². The lowest BCUT2D eigenvalue weighted by atomic mass is 9.89. The zero-order valence-corrected chi connectivity index (χ0v) is 12.8. The first kappa shape index (κ1) is 14.6. The summed E-state index contributed by atoms with van der Waals surface area (Å²) in [6.07, 6.45) is 2.75. The van der Waals surface area contributed by atoms with E-state index in [-0.39, 0.29) is 5.97 Å². The number of nitrogens with zero attached hydrogens (tertiary/aromatic N) is 1. The van der Waals surface area contributed by atoms with Crippen LogP contribution in [0, 0.1) is 0 Å². The highest BCUT2D eigenvalue weighted by Gasteiger charge is 2.20. The summed E-state index contributed by atoms with van der Waals surface area (Å²) in [5, 5.41) is 0. The van der Waals surface area contributed by atoms with E-state index in [1.54, 1.807) is 6.08 Å². The Bertz CT molecular complexity index is 534. The average Bonchev–Trinajstić information content (AvgIpc) is 2.43.